The highest BCUT2D eigenvalue weighted by Gasteiger charge is 2.35. The van der Waals surface area contributed by atoms with Crippen LogP contribution in [-0.2, 0) is 6.18 Å². The molecular weight excluding hydrogens is 274 g/mol. The minimum absolute atomic E-state index is 0.118. The monoisotopic (exact) mass is 289 g/mol. The Balaban J connectivity index is 2.26. The average Bonchev–Trinajstić information content (AvgIpc) is 2.37. The van der Waals surface area contributed by atoms with Gasteiger partial charge in [0.15, 0.2) is 0 Å². The van der Waals surface area contributed by atoms with E-state index in [0.29, 0.717) is 31.1 Å². The zero-order chi connectivity index (χ0) is 14.9. The van der Waals surface area contributed by atoms with Gasteiger partial charge in [-0.2, -0.15) is 13.2 Å². The van der Waals surface area contributed by atoms with Gasteiger partial charge < -0.3 is 4.90 Å². The first-order valence-corrected chi connectivity index (χ1v) is 6.45. The fourth-order valence-electron chi connectivity index (χ4n) is 2.43. The smallest absolute Gasteiger partial charge is 0.338 e. The van der Waals surface area contributed by atoms with Crippen LogP contribution in [0.5, 0.6) is 0 Å². The van der Waals surface area contributed by atoms with Crippen molar-refractivity contribution in [1.82, 2.24) is 4.90 Å². The van der Waals surface area contributed by atoms with Crippen molar-refractivity contribution in [3.05, 3.63) is 35.1 Å². The SMILES string of the molecule is CC1CCCN(C(=O)c2ccc(F)c(C(F)(F)F)c2)C1. The summed E-state index contributed by atoms with van der Waals surface area (Å²) in [6, 6.07) is 2.40. The van der Waals surface area contributed by atoms with Gasteiger partial charge in [0.1, 0.15) is 5.82 Å². The quantitative estimate of drug-likeness (QED) is 0.722. The maximum Gasteiger partial charge on any atom is 0.419 e. The van der Waals surface area contributed by atoms with Crippen LogP contribution in [0.2, 0.25) is 0 Å². The number of piperidine rings is 1. The van der Waals surface area contributed by atoms with Gasteiger partial charge in [-0.05, 0) is 37.0 Å². The molecule has 1 aliphatic heterocycles. The number of carbonyl (C=O) groups excluding carboxylic acids is 1. The summed E-state index contributed by atoms with van der Waals surface area (Å²) in [4.78, 5) is 13.7. The molecule has 1 aromatic carbocycles. The minimum Gasteiger partial charge on any atom is -0.338 e. The second kappa shape index (κ2) is 5.42. The Hall–Kier alpha value is -1.59. The Kier molecular flexibility index (Phi) is 4.01. The Labute approximate surface area is 114 Å². The molecule has 0 radical (unpaired) electrons. The van der Waals surface area contributed by atoms with Crippen LogP contribution in [0, 0.1) is 11.7 Å². The highest BCUT2D eigenvalue weighted by atomic mass is 19.4. The first-order valence-electron chi connectivity index (χ1n) is 6.45. The maximum atomic E-state index is 13.2. The summed E-state index contributed by atoms with van der Waals surface area (Å²) < 4.78 is 51.1. The summed E-state index contributed by atoms with van der Waals surface area (Å²) in [5.41, 5.74) is -1.51. The van der Waals surface area contributed by atoms with Crippen LogP contribution in [0.1, 0.15) is 35.7 Å². The van der Waals surface area contributed by atoms with Crippen LogP contribution >= 0.6 is 0 Å². The second-order valence-corrected chi connectivity index (χ2v) is 5.19. The number of hydrogen-bond donors (Lipinski definition) is 0. The highest BCUT2D eigenvalue weighted by molar-refractivity contribution is 5.94. The van der Waals surface area contributed by atoms with Crippen LogP contribution in [0.15, 0.2) is 18.2 Å². The van der Waals surface area contributed by atoms with Crippen molar-refractivity contribution in [2.75, 3.05) is 13.1 Å². The fraction of sp³-hybridized carbons (Fsp3) is 0.500. The number of nitrogens with zero attached hydrogens (tertiary/aromatic N) is 1. The van der Waals surface area contributed by atoms with E-state index >= 15 is 0 Å². The topological polar surface area (TPSA) is 20.3 Å². The largest absolute Gasteiger partial charge is 0.419 e. The summed E-state index contributed by atoms with van der Waals surface area (Å²) in [5, 5.41) is 0. The van der Waals surface area contributed by atoms with Gasteiger partial charge in [0.05, 0.1) is 5.56 Å². The van der Waals surface area contributed by atoms with E-state index in [1.807, 2.05) is 6.92 Å². The number of alkyl halides is 3. The number of likely N-dealkylation sites (tertiary alicyclic amines) is 1. The molecule has 1 saturated heterocycles. The van der Waals surface area contributed by atoms with Crippen molar-refractivity contribution < 1.29 is 22.4 Å². The Morgan fingerprint density at radius 2 is 2.05 bits per heavy atom. The van der Waals surface area contributed by atoms with Gasteiger partial charge in [0, 0.05) is 18.7 Å². The summed E-state index contributed by atoms with van der Waals surface area (Å²) in [6.45, 7) is 3.05. The van der Waals surface area contributed by atoms with Gasteiger partial charge in [-0.25, -0.2) is 4.39 Å². The number of halogens is 4. The molecule has 1 atom stereocenters. The number of carbonyl (C=O) groups is 1. The van der Waals surface area contributed by atoms with E-state index in [4.69, 9.17) is 0 Å². The number of hydrogen-bond acceptors (Lipinski definition) is 1. The van der Waals surface area contributed by atoms with E-state index in [2.05, 4.69) is 0 Å². The molecule has 1 heterocycles. The Bertz CT molecular complexity index is 512. The standard InChI is InChI=1S/C14H15F4NO/c1-9-3-2-6-19(8-9)13(20)10-4-5-12(15)11(7-10)14(16,17)18/h4-5,7,9H,2-3,6,8H2,1H3. The molecule has 1 fully saturated rings. The van der Waals surface area contributed by atoms with Crippen LogP contribution in [0.3, 0.4) is 0 Å². The lowest BCUT2D eigenvalue weighted by Gasteiger charge is -2.31. The number of rotatable bonds is 1. The first-order chi connectivity index (χ1) is 9.29. The van der Waals surface area contributed by atoms with E-state index in [9.17, 15) is 22.4 Å². The third-order valence-electron chi connectivity index (χ3n) is 3.46. The third-order valence-corrected chi connectivity index (χ3v) is 3.46. The molecular formula is C14H15F4NO. The zero-order valence-electron chi connectivity index (χ0n) is 11.0. The van der Waals surface area contributed by atoms with Crippen molar-refractivity contribution in [1.29, 1.82) is 0 Å². The van der Waals surface area contributed by atoms with Crippen molar-refractivity contribution in [3.8, 4) is 0 Å². The molecule has 110 valence electrons. The summed E-state index contributed by atoms with van der Waals surface area (Å²) in [6.07, 6.45) is -2.96. The van der Waals surface area contributed by atoms with Gasteiger partial charge in [-0.15, -0.1) is 0 Å². The van der Waals surface area contributed by atoms with Gasteiger partial charge in [0.2, 0.25) is 0 Å². The minimum atomic E-state index is -4.80. The molecule has 1 aromatic rings. The molecule has 1 unspecified atom stereocenters. The van der Waals surface area contributed by atoms with Crippen LogP contribution in [0.4, 0.5) is 17.6 Å². The second-order valence-electron chi connectivity index (χ2n) is 5.19. The Morgan fingerprint density at radius 1 is 1.35 bits per heavy atom. The molecule has 20 heavy (non-hydrogen) atoms. The Morgan fingerprint density at radius 3 is 2.65 bits per heavy atom. The van der Waals surface area contributed by atoms with Gasteiger partial charge in [-0.1, -0.05) is 6.92 Å². The van der Waals surface area contributed by atoms with Crippen molar-refractivity contribution in [2.24, 2.45) is 5.92 Å². The summed E-state index contributed by atoms with van der Waals surface area (Å²) in [5.74, 6) is -1.50. The zero-order valence-corrected chi connectivity index (χ0v) is 11.0. The lowest BCUT2D eigenvalue weighted by molar-refractivity contribution is -0.140. The predicted octanol–water partition coefficient (Wildman–Crippen LogP) is 3.72. The van der Waals surface area contributed by atoms with Crippen molar-refractivity contribution in [2.45, 2.75) is 25.9 Å². The fourth-order valence-corrected chi connectivity index (χ4v) is 2.43. The van der Waals surface area contributed by atoms with E-state index in [0.717, 1.165) is 18.9 Å². The highest BCUT2D eigenvalue weighted by Crippen LogP contribution is 2.32. The lowest BCUT2D eigenvalue weighted by Crippen LogP contribution is -2.39. The van der Waals surface area contributed by atoms with Crippen LogP contribution in [-0.4, -0.2) is 23.9 Å². The lowest BCUT2D eigenvalue weighted by atomic mass is 9.99. The molecule has 6 heteroatoms. The van der Waals surface area contributed by atoms with E-state index in [1.54, 1.807) is 0 Å². The molecule has 0 saturated carbocycles. The molecule has 2 rings (SSSR count). The van der Waals surface area contributed by atoms with Gasteiger partial charge in [-0.3, -0.25) is 4.79 Å². The van der Waals surface area contributed by atoms with E-state index in [1.165, 1.54) is 4.90 Å². The average molecular weight is 289 g/mol. The van der Waals surface area contributed by atoms with Gasteiger partial charge in [0.25, 0.3) is 5.91 Å². The van der Waals surface area contributed by atoms with Crippen LogP contribution < -0.4 is 0 Å². The van der Waals surface area contributed by atoms with E-state index < -0.39 is 23.5 Å². The van der Waals surface area contributed by atoms with Crippen molar-refractivity contribution in [3.63, 3.8) is 0 Å². The first kappa shape index (κ1) is 14.8. The van der Waals surface area contributed by atoms with Crippen molar-refractivity contribution >= 4 is 5.91 Å². The summed E-state index contributed by atoms with van der Waals surface area (Å²) in [7, 11) is 0. The molecule has 1 amide bonds. The predicted molar refractivity (Wildman–Crippen MR) is 65.7 cm³/mol. The molecule has 0 N–H and O–H groups in total. The van der Waals surface area contributed by atoms with Gasteiger partial charge >= 0.3 is 6.18 Å². The van der Waals surface area contributed by atoms with Crippen LogP contribution in [0.25, 0.3) is 0 Å². The molecule has 1 aliphatic rings. The number of benzene rings is 1. The third kappa shape index (κ3) is 3.11. The molecule has 0 aromatic heterocycles. The molecule has 0 bridgehead atoms. The van der Waals surface area contributed by atoms with E-state index in [-0.39, 0.29) is 5.56 Å². The molecule has 0 aliphatic carbocycles. The summed E-state index contributed by atoms with van der Waals surface area (Å²) >= 11 is 0. The number of amides is 1. The maximum absolute atomic E-state index is 13.2. The molecule has 2 nitrogen and oxygen atoms in total. The normalized spacial score (nSPS) is 20.1. The molecule has 0 spiro atoms.